The first-order valence-electron chi connectivity index (χ1n) is 6.18. The van der Waals surface area contributed by atoms with Gasteiger partial charge < -0.3 is 17.1 Å². The van der Waals surface area contributed by atoms with Crippen LogP contribution >= 0.6 is 0 Å². The molecule has 1 aromatic heterocycles. The summed E-state index contributed by atoms with van der Waals surface area (Å²) < 4.78 is 6.88. The lowest BCUT2D eigenvalue weighted by atomic mass is 10.2. The lowest BCUT2D eigenvalue weighted by Crippen LogP contribution is -3.00. The first-order valence-corrected chi connectivity index (χ1v) is 6.18. The average molecular weight is 306 g/mol. The molecule has 1 aromatic carbocycles. The molecule has 0 aliphatic carbocycles. The van der Waals surface area contributed by atoms with E-state index < -0.39 is 0 Å². The van der Waals surface area contributed by atoms with E-state index in [4.69, 9.17) is 4.74 Å². The van der Waals surface area contributed by atoms with Gasteiger partial charge >= 0.3 is 5.91 Å². The van der Waals surface area contributed by atoms with Crippen molar-refractivity contribution in [3.63, 3.8) is 0 Å². The van der Waals surface area contributed by atoms with Crippen molar-refractivity contribution >= 4 is 12.1 Å². The highest BCUT2D eigenvalue weighted by Crippen LogP contribution is 2.10. The van der Waals surface area contributed by atoms with Gasteiger partial charge in [-0.25, -0.2) is 5.43 Å². The number of hydrazone groups is 1. The molecule has 0 unspecified atom stereocenters. The molecule has 0 aliphatic heterocycles. The van der Waals surface area contributed by atoms with Crippen molar-refractivity contribution in [3.05, 3.63) is 60.4 Å². The van der Waals surface area contributed by atoms with Crippen molar-refractivity contribution in [1.82, 2.24) is 5.43 Å². The Labute approximate surface area is 129 Å². The van der Waals surface area contributed by atoms with Crippen LogP contribution in [0.5, 0.6) is 5.75 Å². The minimum absolute atomic E-state index is 0. The van der Waals surface area contributed by atoms with Crippen LogP contribution in [-0.2, 0) is 11.3 Å². The third-order valence-corrected chi connectivity index (χ3v) is 2.60. The summed E-state index contributed by atoms with van der Waals surface area (Å²) in [4.78, 5) is 11.7. The largest absolute Gasteiger partial charge is 1.00 e. The normalized spacial score (nSPS) is 9.95. The van der Waals surface area contributed by atoms with E-state index in [0.717, 1.165) is 11.3 Å². The molecule has 21 heavy (non-hydrogen) atoms. The number of benzene rings is 1. The fourth-order valence-corrected chi connectivity index (χ4v) is 1.64. The molecule has 2 aromatic rings. The molecule has 0 saturated carbocycles. The van der Waals surface area contributed by atoms with Crippen molar-refractivity contribution in [3.8, 4) is 5.75 Å². The molecule has 2 rings (SSSR count). The summed E-state index contributed by atoms with van der Waals surface area (Å²) in [5.41, 5.74) is 3.34. The van der Waals surface area contributed by atoms with Crippen LogP contribution < -0.4 is 27.1 Å². The van der Waals surface area contributed by atoms with E-state index in [-0.39, 0.29) is 24.9 Å². The monoisotopic (exact) mass is 305 g/mol. The minimum Gasteiger partial charge on any atom is -1.00 e. The molecule has 110 valence electrons. The van der Waals surface area contributed by atoms with Gasteiger partial charge in [0.25, 0.3) is 0 Å². The number of aromatic nitrogens is 1. The van der Waals surface area contributed by atoms with E-state index in [1.54, 1.807) is 17.9 Å². The van der Waals surface area contributed by atoms with Crippen LogP contribution in [0.1, 0.15) is 5.56 Å². The molecule has 0 bridgehead atoms. The summed E-state index contributed by atoms with van der Waals surface area (Å²) in [5.74, 6) is 0.570. The zero-order valence-electron chi connectivity index (χ0n) is 11.6. The fourth-order valence-electron chi connectivity index (χ4n) is 1.64. The highest BCUT2D eigenvalue weighted by molar-refractivity contribution is 5.82. The number of rotatable bonds is 5. The molecular weight excluding hydrogens is 290 g/mol. The third kappa shape index (κ3) is 5.62. The molecule has 5 nitrogen and oxygen atoms in total. The topological polar surface area (TPSA) is 54.6 Å². The first-order chi connectivity index (χ1) is 9.78. The van der Waals surface area contributed by atoms with Gasteiger partial charge in [-0.3, -0.25) is 4.79 Å². The summed E-state index contributed by atoms with van der Waals surface area (Å²) in [6, 6.07) is 13.1. The summed E-state index contributed by atoms with van der Waals surface area (Å²) >= 11 is 0. The second-order valence-electron chi connectivity index (χ2n) is 4.12. The van der Waals surface area contributed by atoms with Crippen molar-refractivity contribution in [2.75, 3.05) is 7.11 Å². The molecule has 0 aliphatic rings. The van der Waals surface area contributed by atoms with E-state index in [9.17, 15) is 4.79 Å². The van der Waals surface area contributed by atoms with Gasteiger partial charge in [0.1, 0.15) is 5.75 Å². The molecule has 0 saturated heterocycles. The maximum Gasteiger partial charge on any atom is 0.305 e. The summed E-state index contributed by atoms with van der Waals surface area (Å²) in [6.07, 6.45) is 5.23. The van der Waals surface area contributed by atoms with E-state index in [1.165, 1.54) is 0 Å². The third-order valence-electron chi connectivity index (χ3n) is 2.60. The van der Waals surface area contributed by atoms with E-state index >= 15 is 0 Å². The Bertz CT molecular complexity index is 603. The van der Waals surface area contributed by atoms with Crippen molar-refractivity contribution < 1.29 is 26.5 Å². The number of nitrogens with zero attached hydrogens (tertiary/aromatic N) is 2. The maximum absolute atomic E-state index is 11.7. The highest BCUT2D eigenvalue weighted by Gasteiger charge is 2.06. The van der Waals surface area contributed by atoms with Gasteiger partial charge in [-0.1, -0.05) is 18.2 Å². The van der Waals surface area contributed by atoms with Crippen LogP contribution in [-0.4, -0.2) is 19.2 Å². The predicted octanol–water partition coefficient (Wildman–Crippen LogP) is -1.86. The molecule has 6 heteroatoms. The van der Waals surface area contributed by atoms with Crippen LogP contribution in [0.4, 0.5) is 0 Å². The predicted molar refractivity (Wildman–Crippen MR) is 75.4 cm³/mol. The second-order valence-corrected chi connectivity index (χ2v) is 4.12. The molecule has 0 spiro atoms. The number of hydrogen-bond acceptors (Lipinski definition) is 3. The van der Waals surface area contributed by atoms with Crippen LogP contribution in [0.2, 0.25) is 0 Å². The van der Waals surface area contributed by atoms with E-state index in [0.29, 0.717) is 0 Å². The van der Waals surface area contributed by atoms with Gasteiger partial charge in [-0.05, 0) is 17.7 Å². The van der Waals surface area contributed by atoms with Gasteiger partial charge in [-0.2, -0.15) is 9.67 Å². The van der Waals surface area contributed by atoms with Crippen LogP contribution in [0.25, 0.3) is 0 Å². The Hall–Kier alpha value is -2.40. The van der Waals surface area contributed by atoms with E-state index in [1.807, 2.05) is 54.9 Å². The highest BCUT2D eigenvalue weighted by atomic mass is 35.5. The SMILES string of the molecule is COc1cccc(/C=N/NC(=O)C[n+]2ccccc2)c1.[Cl-]. The lowest BCUT2D eigenvalue weighted by Gasteiger charge is -2.00. The Morgan fingerprint density at radius 2 is 2.05 bits per heavy atom. The number of amides is 1. The number of hydrogen-bond donors (Lipinski definition) is 1. The molecular formula is C15H16ClN3O2. The van der Waals surface area contributed by atoms with Gasteiger partial charge in [-0.15, -0.1) is 0 Å². The molecule has 1 heterocycles. The molecule has 0 atom stereocenters. The molecule has 0 radical (unpaired) electrons. The van der Waals surface area contributed by atoms with Gasteiger partial charge in [0, 0.05) is 12.1 Å². The summed E-state index contributed by atoms with van der Waals surface area (Å²) in [7, 11) is 1.61. The number of pyridine rings is 1. The van der Waals surface area contributed by atoms with Crippen LogP contribution in [0, 0.1) is 0 Å². The van der Waals surface area contributed by atoms with Crippen molar-refractivity contribution in [2.45, 2.75) is 6.54 Å². The maximum atomic E-state index is 11.7. The number of methoxy groups -OCH3 is 1. The van der Waals surface area contributed by atoms with Gasteiger partial charge in [0.05, 0.1) is 13.3 Å². The number of carbonyl (C=O) groups is 1. The van der Waals surface area contributed by atoms with Gasteiger partial charge in [0.15, 0.2) is 12.4 Å². The summed E-state index contributed by atoms with van der Waals surface area (Å²) in [5, 5.41) is 3.92. The quantitative estimate of drug-likeness (QED) is 0.400. The Morgan fingerprint density at radius 1 is 1.29 bits per heavy atom. The van der Waals surface area contributed by atoms with E-state index in [2.05, 4.69) is 10.5 Å². The number of carbonyl (C=O) groups excluding carboxylic acids is 1. The zero-order chi connectivity index (χ0) is 14.2. The smallest absolute Gasteiger partial charge is 0.305 e. The van der Waals surface area contributed by atoms with Gasteiger partial charge in [0.2, 0.25) is 6.54 Å². The number of halogens is 1. The number of nitrogens with one attached hydrogen (secondary N) is 1. The Morgan fingerprint density at radius 3 is 2.76 bits per heavy atom. The summed E-state index contributed by atoms with van der Waals surface area (Å²) in [6.45, 7) is 0.232. The second kappa shape index (κ2) is 8.71. The Kier molecular flexibility index (Phi) is 6.91. The lowest BCUT2D eigenvalue weighted by molar-refractivity contribution is -0.684. The molecule has 0 fully saturated rings. The minimum atomic E-state index is -0.180. The standard InChI is InChI=1S/C15H15N3O2.ClH/c1-20-14-7-5-6-13(10-14)11-16-17-15(19)12-18-8-3-2-4-9-18;/h2-11H,12H2,1H3;1H/b16-11+;. The number of ether oxygens (including phenoxy) is 1. The van der Waals surface area contributed by atoms with Crippen molar-refractivity contribution in [2.24, 2.45) is 5.10 Å². The zero-order valence-corrected chi connectivity index (χ0v) is 12.3. The van der Waals surface area contributed by atoms with Crippen LogP contribution in [0.15, 0.2) is 60.0 Å². The fraction of sp³-hybridized carbons (Fsp3) is 0.133. The first kappa shape index (κ1) is 16.7. The molecule has 1 N–H and O–H groups in total. The van der Waals surface area contributed by atoms with Crippen LogP contribution in [0.3, 0.4) is 0 Å². The average Bonchev–Trinajstić information content (AvgIpc) is 2.48. The molecule has 1 amide bonds. The Balaban J connectivity index is 0.00000220. The van der Waals surface area contributed by atoms with Crippen molar-refractivity contribution in [1.29, 1.82) is 0 Å².